The molecule has 0 aliphatic rings. The van der Waals surface area contributed by atoms with Crippen LogP contribution in [0.5, 0.6) is 0 Å². The molecule has 0 aromatic heterocycles. The van der Waals surface area contributed by atoms with Crippen molar-refractivity contribution in [3.63, 3.8) is 0 Å². The van der Waals surface area contributed by atoms with Gasteiger partial charge in [-0.15, -0.1) is 0 Å². The summed E-state index contributed by atoms with van der Waals surface area (Å²) in [5.41, 5.74) is 0.249. The van der Waals surface area contributed by atoms with Gasteiger partial charge in [-0.2, -0.15) is 13.2 Å². The molecule has 0 aliphatic heterocycles. The van der Waals surface area contributed by atoms with Gasteiger partial charge in [-0.3, -0.25) is 9.59 Å². The van der Waals surface area contributed by atoms with Crippen LogP contribution in [-0.2, 0) is 14.3 Å². The van der Waals surface area contributed by atoms with Crippen molar-refractivity contribution in [1.82, 2.24) is 0 Å². The number of carbonyl (C=O) groups excluding carboxylic acids is 2. The topological polar surface area (TPSA) is 55.4 Å². The number of nitrogens with one attached hydrogen (secondary N) is 1. The van der Waals surface area contributed by atoms with E-state index in [9.17, 15) is 31.5 Å². The maximum atomic E-state index is 13.8. The summed E-state index contributed by atoms with van der Waals surface area (Å²) < 4.78 is 72.8. The first-order valence-corrected chi connectivity index (χ1v) is 11.2. The average Bonchev–Trinajstić information content (AvgIpc) is 2.74. The highest BCUT2D eigenvalue weighted by Crippen LogP contribution is 2.40. The second-order valence-electron chi connectivity index (χ2n) is 8.34. The average molecular weight is 540 g/mol. The van der Waals surface area contributed by atoms with E-state index in [4.69, 9.17) is 23.2 Å². The predicted octanol–water partition coefficient (Wildman–Crippen LogP) is 7.61. The van der Waals surface area contributed by atoms with Crippen molar-refractivity contribution in [3.05, 3.63) is 63.6 Å². The number of halogens is 7. The molecule has 192 valence electrons. The monoisotopic (exact) mass is 539 g/mol. The molecule has 0 fully saturated rings. The molecule has 2 aromatic rings. The van der Waals surface area contributed by atoms with Crippen LogP contribution in [0.2, 0.25) is 10.0 Å². The van der Waals surface area contributed by atoms with Crippen LogP contribution in [0.15, 0.2) is 42.5 Å². The summed E-state index contributed by atoms with van der Waals surface area (Å²) in [6.45, 7) is 1.58. The third-order valence-corrected chi connectivity index (χ3v) is 6.07. The van der Waals surface area contributed by atoms with Gasteiger partial charge in [0, 0.05) is 17.4 Å². The number of esters is 1. The zero-order chi connectivity index (χ0) is 26.6. The summed E-state index contributed by atoms with van der Waals surface area (Å²) in [5, 5.41) is 2.66. The van der Waals surface area contributed by atoms with E-state index < -0.39 is 48.1 Å². The number of rotatable bonds is 9. The number of benzene rings is 2. The van der Waals surface area contributed by atoms with Gasteiger partial charge >= 0.3 is 12.1 Å². The molecule has 3 atom stereocenters. The van der Waals surface area contributed by atoms with E-state index >= 15 is 0 Å². The minimum Gasteiger partial charge on any atom is -0.469 e. The van der Waals surface area contributed by atoms with Gasteiger partial charge in [0.1, 0.15) is 0 Å². The lowest BCUT2D eigenvalue weighted by Gasteiger charge is -2.26. The van der Waals surface area contributed by atoms with Crippen LogP contribution in [0.3, 0.4) is 0 Å². The van der Waals surface area contributed by atoms with E-state index in [0.29, 0.717) is 6.92 Å². The van der Waals surface area contributed by atoms with Gasteiger partial charge in [-0.1, -0.05) is 48.3 Å². The standard InChI is InChI=1S/C24H24Cl2F5NO3/c1-13(24(29,30)31)21(14-4-7-17(25)8-5-14)22(34)32-19-10-15(6-9-18(19)26)16(11-20(33)35-3)12-23(2,27)28/h4-10,13,16,21H,11-12H2,1-3H3,(H,32,34)/t13-,16?,21-/m0/s1. The summed E-state index contributed by atoms with van der Waals surface area (Å²) >= 11 is 12.0. The molecule has 2 rings (SSSR count). The summed E-state index contributed by atoms with van der Waals surface area (Å²) in [7, 11) is 1.12. The number of alkyl halides is 5. The molecule has 4 nitrogen and oxygen atoms in total. The predicted molar refractivity (Wildman–Crippen MR) is 124 cm³/mol. The first-order chi connectivity index (χ1) is 16.1. The molecule has 2 aromatic carbocycles. The Morgan fingerprint density at radius 3 is 2.09 bits per heavy atom. The molecule has 0 saturated carbocycles. The van der Waals surface area contributed by atoms with Gasteiger partial charge < -0.3 is 10.1 Å². The number of methoxy groups -OCH3 is 1. The third-order valence-electron chi connectivity index (χ3n) is 5.49. The molecule has 1 unspecified atom stereocenters. The van der Waals surface area contributed by atoms with Gasteiger partial charge in [0.15, 0.2) is 0 Å². The third kappa shape index (κ3) is 8.35. The van der Waals surface area contributed by atoms with Crippen molar-refractivity contribution in [2.24, 2.45) is 5.92 Å². The minimum atomic E-state index is -4.69. The number of hydrogen-bond donors (Lipinski definition) is 1. The molecule has 0 saturated heterocycles. The number of anilines is 1. The number of carbonyl (C=O) groups is 2. The van der Waals surface area contributed by atoms with Gasteiger partial charge in [-0.25, -0.2) is 8.78 Å². The molecule has 11 heteroatoms. The van der Waals surface area contributed by atoms with Crippen LogP contribution >= 0.6 is 23.2 Å². The van der Waals surface area contributed by atoms with Gasteiger partial charge in [0.05, 0.1) is 36.1 Å². The van der Waals surface area contributed by atoms with E-state index in [-0.39, 0.29) is 33.3 Å². The lowest BCUT2D eigenvalue weighted by molar-refractivity contribution is -0.178. The lowest BCUT2D eigenvalue weighted by Crippen LogP contribution is -2.34. The molecule has 0 bridgehead atoms. The Labute approximate surface area is 209 Å². The molecule has 0 radical (unpaired) electrons. The Bertz CT molecular complexity index is 1040. The van der Waals surface area contributed by atoms with E-state index in [1.807, 2.05) is 0 Å². The van der Waals surface area contributed by atoms with Crippen molar-refractivity contribution in [1.29, 1.82) is 0 Å². The first-order valence-electron chi connectivity index (χ1n) is 10.5. The van der Waals surface area contributed by atoms with Crippen LogP contribution in [-0.4, -0.2) is 31.1 Å². The normalized spacial score (nSPS) is 14.7. The number of amides is 1. The van der Waals surface area contributed by atoms with E-state index in [2.05, 4.69) is 10.1 Å². The van der Waals surface area contributed by atoms with Gasteiger partial charge in [-0.05, 0) is 42.3 Å². The highest BCUT2D eigenvalue weighted by atomic mass is 35.5. The Morgan fingerprint density at radius 2 is 1.57 bits per heavy atom. The Kier molecular flexibility index (Phi) is 9.53. The van der Waals surface area contributed by atoms with Crippen LogP contribution in [0.1, 0.15) is 49.7 Å². The van der Waals surface area contributed by atoms with Crippen LogP contribution in [0.4, 0.5) is 27.6 Å². The van der Waals surface area contributed by atoms with Crippen LogP contribution in [0, 0.1) is 5.92 Å². The summed E-state index contributed by atoms with van der Waals surface area (Å²) in [6, 6.07) is 9.38. The SMILES string of the molecule is COC(=O)CC(CC(C)(F)F)c1ccc(Cl)c(NC(=O)[C@H](c2ccc(Cl)cc2)[C@H](C)C(F)(F)F)c1. The fourth-order valence-electron chi connectivity index (χ4n) is 3.65. The van der Waals surface area contributed by atoms with Gasteiger partial charge in [0.2, 0.25) is 11.8 Å². The quantitative estimate of drug-likeness (QED) is 0.263. The molecule has 0 aliphatic carbocycles. The molecule has 1 amide bonds. The van der Waals surface area contributed by atoms with Crippen LogP contribution < -0.4 is 5.32 Å². The Hall–Kier alpha value is -2.39. The molecule has 0 heterocycles. The molecule has 35 heavy (non-hydrogen) atoms. The zero-order valence-corrected chi connectivity index (χ0v) is 20.6. The Morgan fingerprint density at radius 1 is 1.00 bits per heavy atom. The fourth-order valence-corrected chi connectivity index (χ4v) is 3.95. The number of hydrogen-bond acceptors (Lipinski definition) is 3. The lowest BCUT2D eigenvalue weighted by atomic mass is 9.85. The maximum Gasteiger partial charge on any atom is 0.392 e. The summed E-state index contributed by atoms with van der Waals surface area (Å²) in [6.07, 6.45) is -5.76. The van der Waals surface area contributed by atoms with Crippen molar-refractivity contribution >= 4 is 40.8 Å². The summed E-state index contributed by atoms with van der Waals surface area (Å²) in [4.78, 5) is 24.8. The molecular formula is C24H24Cl2F5NO3. The van der Waals surface area contributed by atoms with Crippen LogP contribution in [0.25, 0.3) is 0 Å². The second-order valence-corrected chi connectivity index (χ2v) is 9.18. The Balaban J connectivity index is 2.43. The smallest absolute Gasteiger partial charge is 0.392 e. The van der Waals surface area contributed by atoms with Crippen molar-refractivity contribution < 1.29 is 36.3 Å². The number of ether oxygens (including phenoxy) is 1. The van der Waals surface area contributed by atoms with Crippen molar-refractivity contribution in [2.45, 2.75) is 50.6 Å². The highest BCUT2D eigenvalue weighted by Gasteiger charge is 2.45. The molecule has 1 N–H and O–H groups in total. The van der Waals surface area contributed by atoms with Crippen molar-refractivity contribution in [3.8, 4) is 0 Å². The zero-order valence-electron chi connectivity index (χ0n) is 19.1. The molecular weight excluding hydrogens is 516 g/mol. The van der Waals surface area contributed by atoms with Crippen molar-refractivity contribution in [2.75, 3.05) is 12.4 Å². The highest BCUT2D eigenvalue weighted by molar-refractivity contribution is 6.33. The van der Waals surface area contributed by atoms with Gasteiger partial charge in [0.25, 0.3) is 0 Å². The van der Waals surface area contributed by atoms with E-state index in [0.717, 1.165) is 14.0 Å². The summed E-state index contributed by atoms with van der Waals surface area (Å²) in [5.74, 6) is -9.53. The largest absolute Gasteiger partial charge is 0.469 e. The first kappa shape index (κ1) is 28.8. The van der Waals surface area contributed by atoms with E-state index in [1.165, 1.54) is 42.5 Å². The fraction of sp³-hybridized carbons (Fsp3) is 0.417. The minimum absolute atomic E-state index is 0.0169. The second kappa shape index (κ2) is 11.6. The van der Waals surface area contributed by atoms with E-state index in [1.54, 1.807) is 0 Å². The maximum absolute atomic E-state index is 13.8. The molecule has 0 spiro atoms.